The average Bonchev–Trinajstić information content (AvgIpc) is 3.10. The Balaban J connectivity index is 1.32. The topological polar surface area (TPSA) is 57.0 Å². The van der Waals surface area contributed by atoms with Gasteiger partial charge in [-0.05, 0) is 38.1 Å². The SMILES string of the molecule is CC(C)C1CCN(C(=O)C2CN(c3c4c(nc5ccnn35)CCN(C)CC4)C2)CC1. The Labute approximate surface area is 179 Å². The van der Waals surface area contributed by atoms with Gasteiger partial charge >= 0.3 is 0 Å². The van der Waals surface area contributed by atoms with E-state index in [2.05, 4.69) is 40.7 Å². The molecule has 1 amide bonds. The highest BCUT2D eigenvalue weighted by Crippen LogP contribution is 2.33. The van der Waals surface area contributed by atoms with Crippen LogP contribution in [0.25, 0.3) is 5.65 Å². The summed E-state index contributed by atoms with van der Waals surface area (Å²) in [5.41, 5.74) is 3.44. The highest BCUT2D eigenvalue weighted by Gasteiger charge is 2.39. The number of carbonyl (C=O) groups excluding carboxylic acids is 1. The lowest BCUT2D eigenvalue weighted by atomic mass is 9.86. The molecule has 162 valence electrons. The lowest BCUT2D eigenvalue weighted by Gasteiger charge is -2.44. The number of piperidine rings is 1. The standard InChI is InChI=1S/C23H34N6O/c1-16(2)17-5-12-27(13-6-17)23(30)18-14-28(15-18)22-19-7-10-26(3)11-8-20(19)25-21-4-9-24-29(21)22/h4,9,16-18H,5-8,10-15H2,1-3H3. The highest BCUT2D eigenvalue weighted by molar-refractivity contribution is 5.82. The van der Waals surface area contributed by atoms with Gasteiger partial charge in [0.1, 0.15) is 5.82 Å². The number of likely N-dealkylation sites (tertiary alicyclic amines) is 1. The summed E-state index contributed by atoms with van der Waals surface area (Å²) >= 11 is 0. The molecule has 7 heteroatoms. The van der Waals surface area contributed by atoms with Crippen LogP contribution in [0.3, 0.4) is 0 Å². The molecule has 0 N–H and O–H groups in total. The summed E-state index contributed by atoms with van der Waals surface area (Å²) in [6.45, 7) is 10.1. The minimum atomic E-state index is 0.114. The van der Waals surface area contributed by atoms with Gasteiger partial charge in [-0.25, -0.2) is 4.98 Å². The summed E-state index contributed by atoms with van der Waals surface area (Å²) in [7, 11) is 2.18. The fourth-order valence-corrected chi connectivity index (χ4v) is 5.36. The highest BCUT2D eigenvalue weighted by atomic mass is 16.2. The van der Waals surface area contributed by atoms with Crippen LogP contribution in [0.5, 0.6) is 0 Å². The molecule has 30 heavy (non-hydrogen) atoms. The van der Waals surface area contributed by atoms with Crippen LogP contribution in [-0.4, -0.2) is 76.6 Å². The Bertz CT molecular complexity index is 923. The molecule has 2 aromatic heterocycles. The maximum atomic E-state index is 13.1. The Morgan fingerprint density at radius 3 is 2.57 bits per heavy atom. The summed E-state index contributed by atoms with van der Waals surface area (Å²) in [6, 6.07) is 1.99. The van der Waals surface area contributed by atoms with Gasteiger partial charge in [0.25, 0.3) is 0 Å². The van der Waals surface area contributed by atoms with Crippen LogP contribution in [0.1, 0.15) is 37.9 Å². The molecular formula is C23H34N6O. The first kappa shape index (κ1) is 19.8. The molecule has 0 saturated carbocycles. The Kier molecular flexibility index (Phi) is 5.17. The number of aromatic nitrogens is 3. The number of likely N-dealkylation sites (N-methyl/N-ethyl adjacent to an activating group) is 1. The van der Waals surface area contributed by atoms with Crippen molar-refractivity contribution in [2.24, 2.45) is 17.8 Å². The van der Waals surface area contributed by atoms with Gasteiger partial charge in [0, 0.05) is 57.3 Å². The van der Waals surface area contributed by atoms with Gasteiger partial charge in [0.15, 0.2) is 5.65 Å². The second kappa shape index (κ2) is 7.84. The predicted molar refractivity (Wildman–Crippen MR) is 118 cm³/mol. The van der Waals surface area contributed by atoms with E-state index < -0.39 is 0 Å². The molecule has 2 fully saturated rings. The molecule has 5 rings (SSSR count). The first-order chi connectivity index (χ1) is 14.5. The number of nitrogens with zero attached hydrogens (tertiary/aromatic N) is 6. The zero-order chi connectivity index (χ0) is 20.8. The molecule has 3 aliphatic rings. The molecule has 0 radical (unpaired) electrons. The van der Waals surface area contributed by atoms with Gasteiger partial charge in [-0.15, -0.1) is 0 Å². The average molecular weight is 411 g/mol. The van der Waals surface area contributed by atoms with Gasteiger partial charge in [-0.1, -0.05) is 13.8 Å². The quantitative estimate of drug-likeness (QED) is 0.776. The number of anilines is 1. The predicted octanol–water partition coefficient (Wildman–Crippen LogP) is 2.09. The molecule has 0 aliphatic carbocycles. The monoisotopic (exact) mass is 410 g/mol. The second-order valence-electron chi connectivity index (χ2n) is 9.77. The van der Waals surface area contributed by atoms with Gasteiger partial charge in [-0.2, -0.15) is 9.61 Å². The minimum absolute atomic E-state index is 0.114. The number of hydrogen-bond donors (Lipinski definition) is 0. The summed E-state index contributed by atoms with van der Waals surface area (Å²) in [6.07, 6.45) is 6.10. The van der Waals surface area contributed by atoms with E-state index >= 15 is 0 Å². The van der Waals surface area contributed by atoms with E-state index in [1.807, 2.05) is 16.8 Å². The molecule has 2 saturated heterocycles. The van der Waals surface area contributed by atoms with E-state index in [4.69, 9.17) is 4.98 Å². The summed E-state index contributed by atoms with van der Waals surface area (Å²) in [4.78, 5) is 24.8. The van der Waals surface area contributed by atoms with Crippen molar-refractivity contribution in [3.05, 3.63) is 23.5 Å². The number of hydrogen-bond acceptors (Lipinski definition) is 5. The van der Waals surface area contributed by atoms with Crippen LogP contribution in [0.4, 0.5) is 5.82 Å². The van der Waals surface area contributed by atoms with E-state index in [1.165, 1.54) is 11.3 Å². The third-order valence-electron chi connectivity index (χ3n) is 7.49. The van der Waals surface area contributed by atoms with Crippen molar-refractivity contribution >= 4 is 17.4 Å². The van der Waals surface area contributed by atoms with Crippen molar-refractivity contribution in [3.63, 3.8) is 0 Å². The summed E-state index contributed by atoms with van der Waals surface area (Å²) in [5, 5.41) is 4.57. The fourth-order valence-electron chi connectivity index (χ4n) is 5.36. The summed E-state index contributed by atoms with van der Waals surface area (Å²) in [5.74, 6) is 3.12. The number of carbonyl (C=O) groups is 1. The molecular weight excluding hydrogens is 376 g/mol. The van der Waals surface area contributed by atoms with E-state index in [0.29, 0.717) is 5.91 Å². The van der Waals surface area contributed by atoms with Crippen LogP contribution in [0.2, 0.25) is 0 Å². The number of rotatable bonds is 3. The maximum Gasteiger partial charge on any atom is 0.229 e. The Morgan fingerprint density at radius 1 is 1.10 bits per heavy atom. The molecule has 0 atom stereocenters. The van der Waals surface area contributed by atoms with Gasteiger partial charge < -0.3 is 14.7 Å². The Morgan fingerprint density at radius 2 is 1.83 bits per heavy atom. The van der Waals surface area contributed by atoms with Crippen LogP contribution in [-0.2, 0) is 17.6 Å². The van der Waals surface area contributed by atoms with Crippen LogP contribution in [0, 0.1) is 17.8 Å². The smallest absolute Gasteiger partial charge is 0.229 e. The molecule has 5 heterocycles. The lowest BCUT2D eigenvalue weighted by Crippen LogP contribution is -2.56. The van der Waals surface area contributed by atoms with E-state index in [-0.39, 0.29) is 5.92 Å². The largest absolute Gasteiger partial charge is 0.354 e. The third-order valence-corrected chi connectivity index (χ3v) is 7.49. The van der Waals surface area contributed by atoms with Crippen molar-refractivity contribution in [2.45, 2.75) is 39.5 Å². The molecule has 0 aromatic carbocycles. The third kappa shape index (κ3) is 3.47. The van der Waals surface area contributed by atoms with E-state index in [1.54, 1.807) is 0 Å². The van der Waals surface area contributed by atoms with E-state index in [0.717, 1.165) is 88.3 Å². The second-order valence-corrected chi connectivity index (χ2v) is 9.77. The zero-order valence-electron chi connectivity index (χ0n) is 18.5. The molecule has 3 aliphatic heterocycles. The van der Waals surface area contributed by atoms with Crippen molar-refractivity contribution in [1.82, 2.24) is 24.4 Å². The van der Waals surface area contributed by atoms with Gasteiger partial charge in [-0.3, -0.25) is 4.79 Å². The lowest BCUT2D eigenvalue weighted by molar-refractivity contribution is -0.138. The van der Waals surface area contributed by atoms with Crippen molar-refractivity contribution in [3.8, 4) is 0 Å². The zero-order valence-corrected chi connectivity index (χ0v) is 18.5. The first-order valence-corrected chi connectivity index (χ1v) is 11.6. The van der Waals surface area contributed by atoms with Gasteiger partial charge in [0.2, 0.25) is 5.91 Å². The maximum absolute atomic E-state index is 13.1. The molecule has 7 nitrogen and oxygen atoms in total. The molecule has 0 spiro atoms. The van der Waals surface area contributed by atoms with Crippen LogP contribution < -0.4 is 4.90 Å². The van der Waals surface area contributed by atoms with Crippen LogP contribution in [0.15, 0.2) is 12.3 Å². The van der Waals surface area contributed by atoms with E-state index in [9.17, 15) is 4.79 Å². The molecule has 0 unspecified atom stereocenters. The van der Waals surface area contributed by atoms with Crippen molar-refractivity contribution in [2.75, 3.05) is 51.2 Å². The first-order valence-electron chi connectivity index (χ1n) is 11.6. The van der Waals surface area contributed by atoms with Crippen molar-refractivity contribution in [1.29, 1.82) is 0 Å². The summed E-state index contributed by atoms with van der Waals surface area (Å²) < 4.78 is 1.99. The van der Waals surface area contributed by atoms with Crippen molar-refractivity contribution < 1.29 is 4.79 Å². The number of amides is 1. The number of fused-ring (bicyclic) bond motifs is 2. The Hall–Kier alpha value is -2.15. The van der Waals surface area contributed by atoms with Gasteiger partial charge in [0.05, 0.1) is 17.8 Å². The fraction of sp³-hybridized carbons (Fsp3) is 0.696. The molecule has 2 aromatic rings. The van der Waals surface area contributed by atoms with Crippen LogP contribution >= 0.6 is 0 Å². The minimum Gasteiger partial charge on any atom is -0.354 e. The molecule has 0 bridgehead atoms. The normalized spacial score (nSPS) is 21.7.